The molecule has 0 spiro atoms. The highest BCUT2D eigenvalue weighted by Crippen LogP contribution is 2.08. The Balaban J connectivity index is 4.25. The maximum Gasteiger partial charge on any atom is 0.375 e. The maximum atomic E-state index is 10.6. The molecule has 0 aromatic heterocycles. The van der Waals surface area contributed by atoms with Crippen molar-refractivity contribution in [3.63, 3.8) is 0 Å². The van der Waals surface area contributed by atoms with Crippen LogP contribution >= 0.6 is 0 Å². The molecule has 0 aliphatic carbocycles. The number of carbonyl (C=O) groups excluding carboxylic acids is 1. The van der Waals surface area contributed by atoms with E-state index in [0.29, 0.717) is 0 Å². The van der Waals surface area contributed by atoms with Crippen LogP contribution in [0.15, 0.2) is 0 Å². The summed E-state index contributed by atoms with van der Waals surface area (Å²) in [5.41, 5.74) is 0. The van der Waals surface area contributed by atoms with Crippen LogP contribution in [0.3, 0.4) is 0 Å². The second kappa shape index (κ2) is 4.56. The van der Waals surface area contributed by atoms with Crippen molar-refractivity contribution in [2.24, 2.45) is 5.92 Å². The lowest BCUT2D eigenvalue weighted by Gasteiger charge is -2.12. The number of carboxylic acids is 2. The largest absolute Gasteiger partial charge is 0.481 e. The summed E-state index contributed by atoms with van der Waals surface area (Å²) in [6.45, 7) is 1.29. The first-order valence-electron chi connectivity index (χ1n) is 3.53. The first kappa shape index (κ1) is 11.6. The van der Waals surface area contributed by atoms with Gasteiger partial charge in [0.05, 0.1) is 6.42 Å². The van der Waals surface area contributed by atoms with E-state index in [-0.39, 0.29) is 0 Å². The van der Waals surface area contributed by atoms with E-state index in [1.165, 1.54) is 6.92 Å². The van der Waals surface area contributed by atoms with Gasteiger partial charge in [-0.1, -0.05) is 6.92 Å². The summed E-state index contributed by atoms with van der Waals surface area (Å²) in [4.78, 5) is 30.8. The van der Waals surface area contributed by atoms with Crippen molar-refractivity contribution >= 4 is 17.7 Å². The predicted molar refractivity (Wildman–Crippen MR) is 40.1 cm³/mol. The number of aliphatic hydroxyl groups is 1. The van der Waals surface area contributed by atoms with Gasteiger partial charge in [-0.2, -0.15) is 0 Å². The second-order valence-electron chi connectivity index (χ2n) is 2.69. The molecule has 0 amide bonds. The van der Waals surface area contributed by atoms with Gasteiger partial charge in [0.15, 0.2) is 0 Å². The van der Waals surface area contributed by atoms with Gasteiger partial charge in [-0.15, -0.1) is 0 Å². The quantitative estimate of drug-likeness (QED) is 0.485. The number of ketones is 1. The van der Waals surface area contributed by atoms with Crippen LogP contribution < -0.4 is 0 Å². The Morgan fingerprint density at radius 1 is 1.23 bits per heavy atom. The molecule has 2 atom stereocenters. The smallest absolute Gasteiger partial charge is 0.375 e. The van der Waals surface area contributed by atoms with Gasteiger partial charge in [0.25, 0.3) is 5.78 Å². The maximum absolute atomic E-state index is 10.6. The zero-order chi connectivity index (χ0) is 10.6. The van der Waals surface area contributed by atoms with Crippen molar-refractivity contribution in [1.82, 2.24) is 0 Å². The number of carboxylic acid groups (broad SMARTS) is 2. The van der Waals surface area contributed by atoms with Gasteiger partial charge in [0.2, 0.25) is 0 Å². The normalized spacial score (nSPS) is 14.6. The monoisotopic (exact) mass is 190 g/mol. The van der Waals surface area contributed by atoms with Crippen LogP contribution in [-0.2, 0) is 14.4 Å². The first-order valence-corrected chi connectivity index (χ1v) is 3.53. The molecule has 0 radical (unpaired) electrons. The van der Waals surface area contributed by atoms with Crippen LogP contribution in [0.5, 0.6) is 0 Å². The summed E-state index contributed by atoms with van der Waals surface area (Å²) in [5.74, 6) is -5.23. The average molecular weight is 190 g/mol. The molecule has 0 rings (SSSR count). The van der Waals surface area contributed by atoms with Crippen molar-refractivity contribution < 1.29 is 29.7 Å². The van der Waals surface area contributed by atoms with Gasteiger partial charge < -0.3 is 15.3 Å². The molecular formula is C7H10O6. The lowest BCUT2D eigenvalue weighted by molar-refractivity contribution is -0.155. The van der Waals surface area contributed by atoms with E-state index in [1.54, 1.807) is 0 Å². The topological polar surface area (TPSA) is 112 Å². The van der Waals surface area contributed by atoms with Gasteiger partial charge in [-0.25, -0.2) is 4.79 Å². The predicted octanol–water partition coefficient (Wildman–Crippen LogP) is -0.888. The van der Waals surface area contributed by atoms with Crippen molar-refractivity contribution in [3.05, 3.63) is 0 Å². The van der Waals surface area contributed by atoms with Crippen LogP contribution in [0.4, 0.5) is 0 Å². The molecule has 74 valence electrons. The third-order valence-corrected chi connectivity index (χ3v) is 1.52. The van der Waals surface area contributed by atoms with Gasteiger partial charge >= 0.3 is 11.9 Å². The molecule has 0 bridgehead atoms. The van der Waals surface area contributed by atoms with Gasteiger partial charge in [-0.3, -0.25) is 9.59 Å². The van der Waals surface area contributed by atoms with E-state index >= 15 is 0 Å². The molecule has 2 unspecified atom stereocenters. The standard InChI is InChI=1S/C7H10O6/c1-3(2-4(8)9)5(10)6(11)7(12)13/h3,5,10H,2H2,1H3,(H,8,9)(H,12,13). The van der Waals surface area contributed by atoms with Gasteiger partial charge in [0.1, 0.15) is 6.10 Å². The summed E-state index contributed by atoms with van der Waals surface area (Å²) < 4.78 is 0. The molecule has 3 N–H and O–H groups in total. The number of hydrogen-bond donors (Lipinski definition) is 3. The zero-order valence-electron chi connectivity index (χ0n) is 6.93. The highest BCUT2D eigenvalue weighted by Gasteiger charge is 2.28. The summed E-state index contributed by atoms with van der Waals surface area (Å²) in [7, 11) is 0. The molecular weight excluding hydrogens is 180 g/mol. The minimum atomic E-state index is -1.76. The molecule has 0 saturated heterocycles. The molecule has 6 heteroatoms. The Hall–Kier alpha value is -1.43. The fraction of sp³-hybridized carbons (Fsp3) is 0.571. The Kier molecular flexibility index (Phi) is 4.06. The van der Waals surface area contributed by atoms with E-state index in [0.717, 1.165) is 0 Å². The Labute approximate surface area is 73.8 Å². The number of Topliss-reactive ketones (excluding diaryl/α,β-unsaturated/α-hetero) is 1. The molecule has 0 aliphatic heterocycles. The summed E-state index contributed by atoms with van der Waals surface area (Å²) in [6.07, 6.45) is -2.20. The Bertz CT molecular complexity index is 233. The molecule has 0 aromatic rings. The lowest BCUT2D eigenvalue weighted by Crippen LogP contribution is -2.34. The van der Waals surface area contributed by atoms with Crippen LogP contribution in [0, 0.1) is 5.92 Å². The van der Waals surface area contributed by atoms with Gasteiger partial charge in [0, 0.05) is 5.92 Å². The fourth-order valence-electron chi connectivity index (χ4n) is 0.772. The van der Waals surface area contributed by atoms with E-state index in [9.17, 15) is 14.4 Å². The highest BCUT2D eigenvalue weighted by atomic mass is 16.4. The lowest BCUT2D eigenvalue weighted by atomic mass is 9.98. The van der Waals surface area contributed by atoms with Gasteiger partial charge in [-0.05, 0) is 0 Å². The molecule has 13 heavy (non-hydrogen) atoms. The number of carbonyl (C=O) groups is 3. The van der Waals surface area contributed by atoms with E-state index in [1.807, 2.05) is 0 Å². The number of aliphatic carboxylic acids is 2. The Morgan fingerprint density at radius 3 is 2.00 bits per heavy atom. The van der Waals surface area contributed by atoms with Crippen LogP contribution in [0.1, 0.15) is 13.3 Å². The third-order valence-electron chi connectivity index (χ3n) is 1.52. The minimum absolute atomic E-state index is 0.444. The second-order valence-corrected chi connectivity index (χ2v) is 2.69. The molecule has 0 aromatic carbocycles. The highest BCUT2D eigenvalue weighted by molar-refractivity contribution is 6.34. The average Bonchev–Trinajstić information content (AvgIpc) is 2.00. The van der Waals surface area contributed by atoms with Crippen molar-refractivity contribution in [2.75, 3.05) is 0 Å². The van der Waals surface area contributed by atoms with Crippen molar-refractivity contribution in [3.8, 4) is 0 Å². The van der Waals surface area contributed by atoms with E-state index in [4.69, 9.17) is 15.3 Å². The summed E-state index contributed by atoms with van der Waals surface area (Å²) in [5, 5.41) is 25.5. The minimum Gasteiger partial charge on any atom is -0.481 e. The first-order chi connectivity index (χ1) is 5.86. The summed E-state index contributed by atoms with van der Waals surface area (Å²) >= 11 is 0. The molecule has 0 heterocycles. The third kappa shape index (κ3) is 3.66. The number of hydrogen-bond acceptors (Lipinski definition) is 4. The number of aliphatic hydroxyl groups excluding tert-OH is 1. The van der Waals surface area contributed by atoms with E-state index < -0.39 is 36.2 Å². The fourth-order valence-corrected chi connectivity index (χ4v) is 0.772. The van der Waals surface area contributed by atoms with Crippen LogP contribution in [0.2, 0.25) is 0 Å². The van der Waals surface area contributed by atoms with E-state index in [2.05, 4.69) is 0 Å². The molecule has 0 saturated carbocycles. The Morgan fingerprint density at radius 2 is 1.69 bits per heavy atom. The van der Waals surface area contributed by atoms with Crippen LogP contribution in [0.25, 0.3) is 0 Å². The van der Waals surface area contributed by atoms with Crippen molar-refractivity contribution in [2.45, 2.75) is 19.4 Å². The molecule has 0 aliphatic rings. The molecule has 0 fully saturated rings. The van der Waals surface area contributed by atoms with Crippen LogP contribution in [-0.4, -0.2) is 39.1 Å². The zero-order valence-corrected chi connectivity index (χ0v) is 6.93. The summed E-state index contributed by atoms with van der Waals surface area (Å²) in [6, 6.07) is 0. The van der Waals surface area contributed by atoms with Crippen molar-refractivity contribution in [1.29, 1.82) is 0 Å². The number of rotatable bonds is 5. The molecule has 6 nitrogen and oxygen atoms in total. The SMILES string of the molecule is CC(CC(=O)O)C(O)C(=O)C(=O)O.